The van der Waals surface area contributed by atoms with Crippen LogP contribution in [0.2, 0.25) is 0 Å². The van der Waals surface area contributed by atoms with Crippen LogP contribution in [0.5, 0.6) is 0 Å². The Kier molecular flexibility index (Phi) is 6.82. The van der Waals surface area contributed by atoms with Gasteiger partial charge in [0.05, 0.1) is 11.5 Å². The van der Waals surface area contributed by atoms with Gasteiger partial charge in [0.15, 0.2) is 5.66 Å². The lowest BCUT2D eigenvalue weighted by Gasteiger charge is -2.37. The number of aliphatic imine (C=N–C) groups is 2. The number of hydrogen-bond donors (Lipinski definition) is 1. The fraction of sp³-hybridized carbons (Fsp3) is 0.423. The maximum Gasteiger partial charge on any atom is 0.234 e. The minimum Gasteiger partial charge on any atom is -0.325 e. The van der Waals surface area contributed by atoms with Gasteiger partial charge in [-0.25, -0.2) is 4.99 Å². The van der Waals surface area contributed by atoms with Crippen LogP contribution >= 0.6 is 11.8 Å². The van der Waals surface area contributed by atoms with Crippen LogP contribution in [0.1, 0.15) is 43.4 Å². The average Bonchev–Trinajstić information content (AvgIpc) is 3.14. The van der Waals surface area contributed by atoms with Crippen molar-refractivity contribution in [1.29, 1.82) is 0 Å². The number of carbonyl (C=O) groups is 1. The molecule has 1 amide bonds. The van der Waals surface area contributed by atoms with E-state index in [0.29, 0.717) is 11.8 Å². The van der Waals surface area contributed by atoms with Gasteiger partial charge in [-0.05, 0) is 51.0 Å². The van der Waals surface area contributed by atoms with E-state index in [1.807, 2.05) is 36.4 Å². The highest BCUT2D eigenvalue weighted by molar-refractivity contribution is 8.16. The van der Waals surface area contributed by atoms with Crippen molar-refractivity contribution in [1.82, 2.24) is 4.90 Å². The molecule has 0 aromatic heterocycles. The molecule has 1 N–H and O–H groups in total. The smallest absolute Gasteiger partial charge is 0.234 e. The normalized spacial score (nSPS) is 18.0. The van der Waals surface area contributed by atoms with Crippen molar-refractivity contribution in [3.05, 3.63) is 65.2 Å². The van der Waals surface area contributed by atoms with E-state index >= 15 is 0 Å². The van der Waals surface area contributed by atoms with Gasteiger partial charge in [0, 0.05) is 43.2 Å². The van der Waals surface area contributed by atoms with E-state index in [2.05, 4.69) is 50.0 Å². The monoisotopic (exact) mass is 448 g/mol. The topological polar surface area (TPSA) is 57.1 Å². The van der Waals surface area contributed by atoms with Crippen molar-refractivity contribution in [2.75, 3.05) is 24.2 Å². The highest BCUT2D eigenvalue weighted by atomic mass is 32.2. The molecule has 1 spiro atoms. The number of aryl methyl sites for hydroxylation is 2. The molecule has 1 saturated heterocycles. The van der Waals surface area contributed by atoms with E-state index in [9.17, 15) is 4.79 Å². The highest BCUT2D eigenvalue weighted by Crippen LogP contribution is 2.36. The quantitative estimate of drug-likeness (QED) is 0.694. The summed E-state index contributed by atoms with van der Waals surface area (Å²) in [7, 11) is 0. The van der Waals surface area contributed by atoms with Crippen molar-refractivity contribution in [2.24, 2.45) is 9.98 Å². The lowest BCUT2D eigenvalue weighted by Crippen LogP contribution is -2.44. The predicted molar refractivity (Wildman–Crippen MR) is 136 cm³/mol. The Hall–Kier alpha value is -2.44. The van der Waals surface area contributed by atoms with Gasteiger partial charge < -0.3 is 10.2 Å². The van der Waals surface area contributed by atoms with Crippen LogP contribution in [0.3, 0.4) is 0 Å². The van der Waals surface area contributed by atoms with Gasteiger partial charge in [0.2, 0.25) is 5.91 Å². The molecule has 2 heterocycles. The number of piperidine rings is 1. The third-order valence-corrected chi connectivity index (χ3v) is 7.30. The first kappa shape index (κ1) is 22.7. The van der Waals surface area contributed by atoms with Crippen molar-refractivity contribution in [3.63, 3.8) is 0 Å². The van der Waals surface area contributed by atoms with Gasteiger partial charge in [-0.15, -0.1) is 0 Å². The summed E-state index contributed by atoms with van der Waals surface area (Å²) in [4.78, 5) is 25.4. The highest BCUT2D eigenvalue weighted by Gasteiger charge is 2.40. The molecule has 4 rings (SSSR count). The van der Waals surface area contributed by atoms with Crippen LogP contribution in [0.25, 0.3) is 0 Å². The molecule has 1 fully saturated rings. The summed E-state index contributed by atoms with van der Waals surface area (Å²) in [6.07, 6.45) is 1.83. The maximum absolute atomic E-state index is 12.7. The number of thioether (sulfide) groups is 1. The zero-order valence-electron chi connectivity index (χ0n) is 19.4. The molecule has 0 saturated carbocycles. The molecule has 0 radical (unpaired) electrons. The molecule has 2 aliphatic heterocycles. The summed E-state index contributed by atoms with van der Waals surface area (Å²) in [5.41, 5.74) is 4.83. The van der Waals surface area contributed by atoms with Gasteiger partial charge in [0.1, 0.15) is 5.04 Å². The Morgan fingerprint density at radius 1 is 1.06 bits per heavy atom. The van der Waals surface area contributed by atoms with Crippen molar-refractivity contribution < 1.29 is 4.79 Å². The van der Waals surface area contributed by atoms with E-state index in [4.69, 9.17) is 9.98 Å². The number of carbonyl (C=O) groups excluding carboxylic acids is 1. The molecule has 0 atom stereocenters. The maximum atomic E-state index is 12.7. The summed E-state index contributed by atoms with van der Waals surface area (Å²) in [6, 6.07) is 16.8. The van der Waals surface area contributed by atoms with Crippen LogP contribution < -0.4 is 5.32 Å². The molecule has 0 bridgehead atoms. The summed E-state index contributed by atoms with van der Waals surface area (Å²) in [6.45, 7) is 10.6. The van der Waals surface area contributed by atoms with Crippen molar-refractivity contribution >= 4 is 34.1 Å². The third kappa shape index (κ3) is 5.13. The first-order valence-corrected chi connectivity index (χ1v) is 12.3. The zero-order chi connectivity index (χ0) is 22.7. The second-order valence-corrected chi connectivity index (χ2v) is 9.96. The van der Waals surface area contributed by atoms with Crippen molar-refractivity contribution in [3.8, 4) is 0 Å². The molecule has 168 valence electrons. The zero-order valence-corrected chi connectivity index (χ0v) is 20.2. The Labute approximate surface area is 195 Å². The SMILES string of the molecule is Cc1ccc(NC(=O)CSC2=NC3(CCN(C(C)C)CC3)N=C2c2ccccc2)cc1C. The number of hydrogen-bond acceptors (Lipinski definition) is 5. The van der Waals surface area contributed by atoms with Crippen LogP contribution in [-0.4, -0.2) is 52.1 Å². The summed E-state index contributed by atoms with van der Waals surface area (Å²) in [5, 5.41) is 3.90. The van der Waals surface area contributed by atoms with E-state index < -0.39 is 0 Å². The lowest BCUT2D eigenvalue weighted by molar-refractivity contribution is -0.113. The predicted octanol–water partition coefficient (Wildman–Crippen LogP) is 5.08. The molecule has 32 heavy (non-hydrogen) atoms. The van der Waals surface area contributed by atoms with E-state index in [1.165, 1.54) is 22.9 Å². The average molecular weight is 449 g/mol. The number of nitrogens with one attached hydrogen (secondary N) is 1. The minimum absolute atomic E-state index is 0.0241. The van der Waals surface area contributed by atoms with E-state index in [-0.39, 0.29) is 11.6 Å². The van der Waals surface area contributed by atoms with Crippen LogP contribution in [0.4, 0.5) is 5.69 Å². The molecule has 2 aromatic carbocycles. The first-order chi connectivity index (χ1) is 15.3. The van der Waals surface area contributed by atoms with Crippen LogP contribution in [0, 0.1) is 13.8 Å². The first-order valence-electron chi connectivity index (χ1n) is 11.3. The Morgan fingerprint density at radius 2 is 1.78 bits per heavy atom. The molecule has 2 aromatic rings. The second kappa shape index (κ2) is 9.59. The molecule has 2 aliphatic rings. The van der Waals surface area contributed by atoms with Gasteiger partial charge in [0.25, 0.3) is 0 Å². The van der Waals surface area contributed by atoms with Crippen LogP contribution in [-0.2, 0) is 4.79 Å². The largest absolute Gasteiger partial charge is 0.325 e. The molecule has 6 heteroatoms. The molecular weight excluding hydrogens is 416 g/mol. The van der Waals surface area contributed by atoms with Crippen molar-refractivity contribution in [2.45, 2.75) is 52.2 Å². The van der Waals surface area contributed by atoms with Gasteiger partial charge >= 0.3 is 0 Å². The number of nitrogens with zero attached hydrogens (tertiary/aromatic N) is 3. The number of likely N-dealkylation sites (tertiary alicyclic amines) is 1. The number of anilines is 1. The summed E-state index contributed by atoms with van der Waals surface area (Å²) >= 11 is 1.49. The summed E-state index contributed by atoms with van der Waals surface area (Å²) in [5.74, 6) is 0.287. The van der Waals surface area contributed by atoms with Gasteiger partial charge in [-0.1, -0.05) is 48.2 Å². The number of benzene rings is 2. The number of amides is 1. The van der Waals surface area contributed by atoms with Gasteiger partial charge in [-0.2, -0.15) is 0 Å². The Balaban J connectivity index is 1.48. The molecular formula is C26H32N4OS. The van der Waals surface area contributed by atoms with E-state index in [1.54, 1.807) is 0 Å². The van der Waals surface area contributed by atoms with Gasteiger partial charge in [-0.3, -0.25) is 9.79 Å². The minimum atomic E-state index is -0.385. The lowest BCUT2D eigenvalue weighted by atomic mass is 9.97. The Morgan fingerprint density at radius 3 is 2.44 bits per heavy atom. The number of rotatable bonds is 5. The van der Waals surface area contributed by atoms with E-state index in [0.717, 1.165) is 47.9 Å². The molecule has 0 unspecified atom stereocenters. The standard InChI is InChI=1S/C26H32N4OS/c1-18(2)30-14-12-26(13-15-30)28-24(21-8-6-5-7-9-21)25(29-26)32-17-23(31)27-22-11-10-19(3)20(4)16-22/h5-11,16,18H,12-15,17H2,1-4H3,(H,27,31). The van der Waals surface area contributed by atoms with Crippen LogP contribution in [0.15, 0.2) is 58.5 Å². The fourth-order valence-corrected chi connectivity index (χ4v) is 5.05. The Bertz CT molecular complexity index is 1040. The molecule has 0 aliphatic carbocycles. The fourth-order valence-electron chi connectivity index (χ4n) is 4.18. The third-order valence-electron chi connectivity index (χ3n) is 6.34. The molecule has 5 nitrogen and oxygen atoms in total. The second-order valence-electron chi connectivity index (χ2n) is 8.99. The summed E-state index contributed by atoms with van der Waals surface area (Å²) < 4.78 is 0.